The fourth-order valence-electron chi connectivity index (χ4n) is 1.26. The molecule has 1 aromatic heterocycles. The number of ether oxygens (including phenoxy) is 1. The monoisotopic (exact) mass is 219 g/mol. The van der Waals surface area contributed by atoms with Gasteiger partial charge >= 0.3 is 5.97 Å². The highest BCUT2D eigenvalue weighted by Crippen LogP contribution is 2.21. The van der Waals surface area contributed by atoms with E-state index in [2.05, 4.69) is 5.10 Å². The van der Waals surface area contributed by atoms with E-state index >= 15 is 0 Å². The first-order valence-corrected chi connectivity index (χ1v) is 3.86. The van der Waals surface area contributed by atoms with Gasteiger partial charge in [0.05, 0.1) is 18.8 Å². The number of fused-ring (bicyclic) bond motifs is 1. The second kappa shape index (κ2) is 3.85. The third kappa shape index (κ3) is 1.66. The molecule has 0 saturated carbocycles. The fourth-order valence-corrected chi connectivity index (χ4v) is 1.26. The summed E-state index contributed by atoms with van der Waals surface area (Å²) in [6.07, 6.45) is 1.27. The van der Waals surface area contributed by atoms with Gasteiger partial charge in [-0.3, -0.25) is 0 Å². The lowest BCUT2D eigenvalue weighted by Gasteiger charge is -2.20. The number of aromatic nitrogens is 2. The van der Waals surface area contributed by atoms with Crippen molar-refractivity contribution < 1.29 is 14.6 Å². The van der Waals surface area contributed by atoms with Crippen LogP contribution in [0.25, 0.3) is 0 Å². The van der Waals surface area contributed by atoms with E-state index in [1.165, 1.54) is 10.9 Å². The van der Waals surface area contributed by atoms with Crippen LogP contribution in [0.15, 0.2) is 6.20 Å². The molecule has 1 aromatic rings. The summed E-state index contributed by atoms with van der Waals surface area (Å²) in [7, 11) is 0. The minimum absolute atomic E-state index is 0. The summed E-state index contributed by atoms with van der Waals surface area (Å²) in [6.45, 7) is 0.842. The maximum absolute atomic E-state index is 10.7. The lowest BCUT2D eigenvalue weighted by Crippen LogP contribution is -2.37. The van der Waals surface area contributed by atoms with Crippen molar-refractivity contribution in [3.05, 3.63) is 11.8 Å². The Balaban J connectivity index is 0.000000980. The van der Waals surface area contributed by atoms with Crippen LogP contribution in [0.2, 0.25) is 0 Å². The quantitative estimate of drug-likeness (QED) is 0.678. The maximum Gasteiger partial charge on any atom is 0.342 e. The van der Waals surface area contributed by atoms with E-state index in [0.29, 0.717) is 19.0 Å². The molecular weight excluding hydrogens is 210 g/mol. The molecule has 1 aliphatic heterocycles. The minimum atomic E-state index is -1.03. The Morgan fingerprint density at radius 1 is 1.79 bits per heavy atom. The molecule has 0 saturated heterocycles. The Labute approximate surface area is 86.1 Å². The first-order chi connectivity index (χ1) is 6.18. The molecule has 78 valence electrons. The highest BCUT2D eigenvalue weighted by Gasteiger charge is 2.23. The van der Waals surface area contributed by atoms with Gasteiger partial charge in [0.15, 0.2) is 0 Å². The van der Waals surface area contributed by atoms with E-state index in [0.717, 1.165) is 0 Å². The molecule has 1 unspecified atom stereocenters. The van der Waals surface area contributed by atoms with Crippen molar-refractivity contribution in [1.82, 2.24) is 9.78 Å². The number of hydrogen-bond acceptors (Lipinski definition) is 4. The molecule has 0 radical (unpaired) electrons. The summed E-state index contributed by atoms with van der Waals surface area (Å²) < 4.78 is 6.63. The largest absolute Gasteiger partial charge is 0.477 e. The smallest absolute Gasteiger partial charge is 0.342 e. The number of carbonyl (C=O) groups is 1. The summed E-state index contributed by atoms with van der Waals surface area (Å²) in [5.74, 6) is -0.731. The van der Waals surface area contributed by atoms with Crippen molar-refractivity contribution in [1.29, 1.82) is 0 Å². The van der Waals surface area contributed by atoms with Crippen LogP contribution in [0.1, 0.15) is 10.4 Å². The zero-order chi connectivity index (χ0) is 9.42. The number of nitrogens with two attached hydrogens (primary N) is 1. The highest BCUT2D eigenvalue weighted by molar-refractivity contribution is 5.90. The highest BCUT2D eigenvalue weighted by atomic mass is 35.5. The van der Waals surface area contributed by atoms with E-state index in [-0.39, 0.29) is 24.0 Å². The summed E-state index contributed by atoms with van der Waals surface area (Å²) >= 11 is 0. The second-order valence-corrected chi connectivity index (χ2v) is 2.92. The number of carboxylic acids is 1. The van der Waals surface area contributed by atoms with E-state index in [4.69, 9.17) is 15.6 Å². The zero-order valence-corrected chi connectivity index (χ0v) is 8.03. The molecule has 1 atom stereocenters. The molecule has 6 nitrogen and oxygen atoms in total. The van der Waals surface area contributed by atoms with E-state index in [1.807, 2.05) is 0 Å². The molecule has 0 bridgehead atoms. The predicted octanol–water partition coefficient (Wildman–Crippen LogP) is -0.277. The van der Waals surface area contributed by atoms with Crippen molar-refractivity contribution in [2.45, 2.75) is 12.6 Å². The number of halogens is 1. The van der Waals surface area contributed by atoms with Crippen molar-refractivity contribution in [3.8, 4) is 5.88 Å². The fraction of sp³-hybridized carbons (Fsp3) is 0.429. The molecule has 0 fully saturated rings. The number of rotatable bonds is 1. The van der Waals surface area contributed by atoms with E-state index < -0.39 is 5.97 Å². The number of carboxylic acid groups (broad SMARTS) is 1. The van der Waals surface area contributed by atoms with Crippen LogP contribution in [0.5, 0.6) is 5.88 Å². The number of aromatic carboxylic acids is 1. The average Bonchev–Trinajstić information content (AvgIpc) is 2.46. The van der Waals surface area contributed by atoms with Gasteiger partial charge in [-0.2, -0.15) is 5.10 Å². The lowest BCUT2D eigenvalue weighted by atomic mass is 10.3. The van der Waals surface area contributed by atoms with Gasteiger partial charge in [-0.1, -0.05) is 0 Å². The van der Waals surface area contributed by atoms with Gasteiger partial charge in [-0.25, -0.2) is 9.48 Å². The van der Waals surface area contributed by atoms with Crippen LogP contribution in [0, 0.1) is 0 Å². The van der Waals surface area contributed by atoms with Crippen LogP contribution in [0.3, 0.4) is 0 Å². The van der Waals surface area contributed by atoms with Crippen molar-refractivity contribution in [2.75, 3.05) is 6.61 Å². The third-order valence-corrected chi connectivity index (χ3v) is 1.86. The topological polar surface area (TPSA) is 90.4 Å². The van der Waals surface area contributed by atoms with Crippen LogP contribution in [0.4, 0.5) is 0 Å². The maximum atomic E-state index is 10.7. The van der Waals surface area contributed by atoms with Crippen LogP contribution in [-0.4, -0.2) is 33.5 Å². The third-order valence-electron chi connectivity index (χ3n) is 1.86. The van der Waals surface area contributed by atoms with Crippen molar-refractivity contribution in [3.63, 3.8) is 0 Å². The SMILES string of the molecule is Cl.NC1COc2c(C(=O)O)cnn2C1. The first kappa shape index (κ1) is 10.8. The summed E-state index contributed by atoms with van der Waals surface area (Å²) in [5, 5.41) is 12.6. The molecule has 14 heavy (non-hydrogen) atoms. The average molecular weight is 220 g/mol. The standard InChI is InChI=1S/C7H9N3O3.ClH/c8-4-2-10-6(13-3-4)5(1-9-10)7(11)12;/h1,4H,2-3,8H2,(H,11,12);1H. The van der Waals surface area contributed by atoms with Crippen molar-refractivity contribution in [2.24, 2.45) is 5.73 Å². The summed E-state index contributed by atoms with van der Waals surface area (Å²) in [6, 6.07) is -0.117. The van der Waals surface area contributed by atoms with Gasteiger partial charge in [0.25, 0.3) is 0 Å². The molecular formula is C7H10ClN3O3. The van der Waals surface area contributed by atoms with Gasteiger partial charge in [0.2, 0.25) is 5.88 Å². The molecule has 0 aromatic carbocycles. The Morgan fingerprint density at radius 3 is 3.14 bits per heavy atom. The molecule has 2 rings (SSSR count). The molecule has 0 aliphatic carbocycles. The molecule has 2 heterocycles. The van der Waals surface area contributed by atoms with Gasteiger partial charge in [-0.15, -0.1) is 12.4 Å². The van der Waals surface area contributed by atoms with Crippen LogP contribution in [-0.2, 0) is 6.54 Å². The Hall–Kier alpha value is -1.27. The molecule has 3 N–H and O–H groups in total. The molecule has 7 heteroatoms. The van der Waals surface area contributed by atoms with Gasteiger partial charge < -0.3 is 15.6 Å². The van der Waals surface area contributed by atoms with Crippen LogP contribution < -0.4 is 10.5 Å². The lowest BCUT2D eigenvalue weighted by molar-refractivity contribution is 0.0688. The number of nitrogens with zero attached hydrogens (tertiary/aromatic N) is 2. The Bertz CT molecular complexity index is 352. The summed E-state index contributed by atoms with van der Waals surface area (Å²) in [4.78, 5) is 10.7. The Kier molecular flexibility index (Phi) is 2.97. The van der Waals surface area contributed by atoms with Crippen molar-refractivity contribution >= 4 is 18.4 Å². The Morgan fingerprint density at radius 2 is 2.50 bits per heavy atom. The molecule has 0 spiro atoms. The van der Waals surface area contributed by atoms with Gasteiger partial charge in [-0.05, 0) is 0 Å². The predicted molar refractivity (Wildman–Crippen MR) is 49.9 cm³/mol. The van der Waals surface area contributed by atoms with Gasteiger partial charge in [0.1, 0.15) is 12.2 Å². The van der Waals surface area contributed by atoms with E-state index in [9.17, 15) is 4.79 Å². The number of hydrogen-bond donors (Lipinski definition) is 2. The molecule has 0 amide bonds. The molecule has 1 aliphatic rings. The van der Waals surface area contributed by atoms with Gasteiger partial charge in [0, 0.05) is 0 Å². The zero-order valence-electron chi connectivity index (χ0n) is 7.21. The second-order valence-electron chi connectivity index (χ2n) is 2.92. The van der Waals surface area contributed by atoms with Crippen LogP contribution >= 0.6 is 12.4 Å². The first-order valence-electron chi connectivity index (χ1n) is 3.86. The normalized spacial score (nSPS) is 19.1. The minimum Gasteiger partial charge on any atom is -0.477 e. The van der Waals surface area contributed by atoms with E-state index in [1.54, 1.807) is 0 Å². The summed E-state index contributed by atoms with van der Waals surface area (Å²) in [5.41, 5.74) is 5.69.